The van der Waals surface area contributed by atoms with Crippen LogP contribution in [-0.2, 0) is 19.4 Å². The second kappa shape index (κ2) is 6.90. The van der Waals surface area contributed by atoms with Crippen LogP contribution in [0, 0.1) is 0 Å². The third-order valence-corrected chi connectivity index (χ3v) is 6.84. The minimum Gasteiger partial charge on any atom is -0.393 e. The summed E-state index contributed by atoms with van der Waals surface area (Å²) in [4.78, 5) is 24.2. The minimum atomic E-state index is -0.176. The van der Waals surface area contributed by atoms with E-state index in [1.807, 2.05) is 23.1 Å². The molecule has 3 heterocycles. The number of aromatic amines is 1. The molecule has 1 aliphatic carbocycles. The van der Waals surface area contributed by atoms with Crippen LogP contribution in [0.5, 0.6) is 0 Å². The van der Waals surface area contributed by atoms with Gasteiger partial charge in [-0.25, -0.2) is 4.98 Å². The van der Waals surface area contributed by atoms with Crippen molar-refractivity contribution in [3.8, 4) is 0 Å². The summed E-state index contributed by atoms with van der Waals surface area (Å²) in [5.74, 6) is 0.0499. The van der Waals surface area contributed by atoms with Gasteiger partial charge in [-0.15, -0.1) is 0 Å². The molecule has 0 unspecified atom stereocenters. The minimum absolute atomic E-state index is 0.0499. The van der Waals surface area contributed by atoms with Gasteiger partial charge in [-0.3, -0.25) is 4.79 Å². The monoisotopic (exact) mass is 396 g/mol. The lowest BCUT2D eigenvalue weighted by molar-refractivity contribution is 0.0731. The number of thiazole rings is 1. The van der Waals surface area contributed by atoms with Gasteiger partial charge in [0.15, 0.2) is 5.13 Å². The lowest BCUT2D eigenvalue weighted by Gasteiger charge is -2.31. The summed E-state index contributed by atoms with van der Waals surface area (Å²) in [5, 5.41) is 14.9. The van der Waals surface area contributed by atoms with E-state index in [1.165, 1.54) is 5.56 Å². The van der Waals surface area contributed by atoms with Gasteiger partial charge in [0.2, 0.25) is 0 Å². The molecular formula is C21H24N4O2S. The Kier molecular flexibility index (Phi) is 4.36. The molecule has 28 heavy (non-hydrogen) atoms. The van der Waals surface area contributed by atoms with E-state index < -0.39 is 0 Å². The lowest BCUT2D eigenvalue weighted by Crippen LogP contribution is -2.38. The molecule has 6 nitrogen and oxygen atoms in total. The van der Waals surface area contributed by atoms with Gasteiger partial charge in [0.05, 0.1) is 18.3 Å². The Bertz CT molecular complexity index is 1030. The molecule has 0 atom stereocenters. The maximum atomic E-state index is 13.1. The molecule has 5 rings (SSSR count). The summed E-state index contributed by atoms with van der Waals surface area (Å²) in [6, 6.07) is 8.49. The Morgan fingerprint density at radius 1 is 1.43 bits per heavy atom. The Hall–Kier alpha value is -2.38. The Labute approximate surface area is 167 Å². The van der Waals surface area contributed by atoms with Crippen molar-refractivity contribution in [2.75, 3.05) is 11.9 Å². The number of aromatic nitrogens is 2. The van der Waals surface area contributed by atoms with Crippen LogP contribution in [0.3, 0.4) is 0 Å². The van der Waals surface area contributed by atoms with Gasteiger partial charge in [-0.2, -0.15) is 0 Å². The van der Waals surface area contributed by atoms with Crippen LogP contribution in [-0.4, -0.2) is 44.6 Å². The number of anilines is 1. The van der Waals surface area contributed by atoms with Gasteiger partial charge in [-0.05, 0) is 37.0 Å². The average Bonchev–Trinajstić information content (AvgIpc) is 3.28. The van der Waals surface area contributed by atoms with Gasteiger partial charge in [0.25, 0.3) is 5.91 Å². The molecule has 146 valence electrons. The third kappa shape index (κ3) is 3.08. The quantitative estimate of drug-likeness (QED) is 0.632. The van der Waals surface area contributed by atoms with Crippen LogP contribution in [0.2, 0.25) is 0 Å². The van der Waals surface area contributed by atoms with Gasteiger partial charge in [-0.1, -0.05) is 30.4 Å². The molecule has 0 spiro atoms. The fraction of sp³-hybridized carbons (Fsp3) is 0.429. The number of fused-ring (bicyclic) bond motifs is 2. The molecule has 0 radical (unpaired) electrons. The number of nitrogens with zero attached hydrogens (tertiary/aromatic N) is 2. The summed E-state index contributed by atoms with van der Waals surface area (Å²) < 4.78 is 0. The van der Waals surface area contributed by atoms with Gasteiger partial charge >= 0.3 is 0 Å². The molecule has 0 saturated heterocycles. The van der Waals surface area contributed by atoms with Crippen molar-refractivity contribution in [3.05, 3.63) is 46.1 Å². The summed E-state index contributed by atoms with van der Waals surface area (Å²) in [5.41, 5.74) is 4.03. The summed E-state index contributed by atoms with van der Waals surface area (Å²) >= 11 is 1.63. The van der Waals surface area contributed by atoms with E-state index in [1.54, 1.807) is 11.3 Å². The first-order valence-electron chi connectivity index (χ1n) is 9.93. The number of aliphatic hydroxyl groups is 1. The van der Waals surface area contributed by atoms with Crippen LogP contribution in [0.15, 0.2) is 24.3 Å². The zero-order chi connectivity index (χ0) is 19.3. The standard InChI is InChI=1S/C21H24N4O2S/c1-2-12-4-3-5-16-15(12)10-18(23-16)20(27)25-7-6-17-19(11-25)28-21(24-17)22-13-8-14(26)9-13/h3-5,10,13-14,23,26H,2,6-9,11H2,1H3,(H,22,24). The number of carbonyl (C=O) groups is 1. The van der Waals surface area contributed by atoms with E-state index in [-0.39, 0.29) is 12.0 Å². The molecule has 2 aliphatic rings. The topological polar surface area (TPSA) is 81.2 Å². The number of aryl methyl sites for hydroxylation is 1. The predicted molar refractivity (Wildman–Crippen MR) is 111 cm³/mol. The molecule has 2 aromatic heterocycles. The maximum Gasteiger partial charge on any atom is 0.270 e. The summed E-state index contributed by atoms with van der Waals surface area (Å²) in [6.07, 6.45) is 3.13. The third-order valence-electron chi connectivity index (χ3n) is 5.82. The SMILES string of the molecule is CCc1cccc2[nH]c(C(=O)N3CCc4nc(NC5CC(O)C5)sc4C3)cc12. The molecule has 3 aromatic rings. The first-order valence-corrected chi connectivity index (χ1v) is 10.8. The Morgan fingerprint density at radius 3 is 3.07 bits per heavy atom. The first-order chi connectivity index (χ1) is 13.6. The molecule has 0 bridgehead atoms. The number of rotatable bonds is 4. The number of amides is 1. The molecule has 1 aromatic carbocycles. The smallest absolute Gasteiger partial charge is 0.270 e. The highest BCUT2D eigenvalue weighted by atomic mass is 32.1. The highest BCUT2D eigenvalue weighted by Gasteiger charge is 2.30. The normalized spacial score (nSPS) is 21.4. The fourth-order valence-electron chi connectivity index (χ4n) is 4.12. The van der Waals surface area contributed by atoms with E-state index >= 15 is 0 Å². The van der Waals surface area contributed by atoms with Crippen molar-refractivity contribution in [1.82, 2.24) is 14.9 Å². The molecular weight excluding hydrogens is 372 g/mol. The van der Waals surface area contributed by atoms with Crippen LogP contribution in [0.1, 0.15) is 46.4 Å². The van der Waals surface area contributed by atoms with Crippen molar-refractivity contribution >= 4 is 33.3 Å². The Morgan fingerprint density at radius 2 is 2.29 bits per heavy atom. The van der Waals surface area contributed by atoms with E-state index in [9.17, 15) is 9.90 Å². The molecule has 1 fully saturated rings. The van der Waals surface area contributed by atoms with Gasteiger partial charge in [0, 0.05) is 34.8 Å². The highest BCUT2D eigenvalue weighted by molar-refractivity contribution is 7.15. The van der Waals surface area contributed by atoms with Gasteiger partial charge < -0.3 is 20.3 Å². The van der Waals surface area contributed by atoms with E-state index in [4.69, 9.17) is 4.98 Å². The predicted octanol–water partition coefficient (Wildman–Crippen LogP) is 3.32. The first kappa shape index (κ1) is 17.7. The maximum absolute atomic E-state index is 13.1. The second-order valence-electron chi connectivity index (χ2n) is 7.75. The van der Waals surface area contributed by atoms with Crippen LogP contribution >= 0.6 is 11.3 Å². The Balaban J connectivity index is 1.33. The summed E-state index contributed by atoms with van der Waals surface area (Å²) in [6.45, 7) is 3.43. The molecule has 1 saturated carbocycles. The number of benzene rings is 1. The number of hydrogen-bond donors (Lipinski definition) is 3. The lowest BCUT2D eigenvalue weighted by atomic mass is 9.90. The van der Waals surface area contributed by atoms with E-state index in [0.29, 0.717) is 24.8 Å². The number of hydrogen-bond acceptors (Lipinski definition) is 5. The molecule has 1 aliphatic heterocycles. The van der Waals surface area contributed by atoms with Crippen molar-refractivity contribution in [3.63, 3.8) is 0 Å². The largest absolute Gasteiger partial charge is 0.393 e. The number of aliphatic hydroxyl groups excluding tert-OH is 1. The van der Waals surface area contributed by atoms with Gasteiger partial charge in [0.1, 0.15) is 5.69 Å². The zero-order valence-electron chi connectivity index (χ0n) is 15.9. The van der Waals surface area contributed by atoms with Crippen molar-refractivity contribution in [2.45, 2.75) is 51.3 Å². The fourth-order valence-corrected chi connectivity index (χ4v) is 5.22. The number of carbonyl (C=O) groups excluding carboxylic acids is 1. The molecule has 1 amide bonds. The van der Waals surface area contributed by atoms with E-state index in [0.717, 1.165) is 52.3 Å². The average molecular weight is 397 g/mol. The number of nitrogens with one attached hydrogen (secondary N) is 2. The van der Waals surface area contributed by atoms with Crippen LogP contribution < -0.4 is 5.32 Å². The van der Waals surface area contributed by atoms with Crippen molar-refractivity contribution < 1.29 is 9.90 Å². The molecule has 3 N–H and O–H groups in total. The zero-order valence-corrected chi connectivity index (χ0v) is 16.7. The van der Waals surface area contributed by atoms with Crippen molar-refractivity contribution in [1.29, 1.82) is 0 Å². The molecule has 7 heteroatoms. The second-order valence-corrected chi connectivity index (χ2v) is 8.83. The van der Waals surface area contributed by atoms with Crippen LogP contribution in [0.4, 0.5) is 5.13 Å². The number of H-pyrrole nitrogens is 1. The summed E-state index contributed by atoms with van der Waals surface area (Å²) in [7, 11) is 0. The van der Waals surface area contributed by atoms with Crippen LogP contribution in [0.25, 0.3) is 10.9 Å². The van der Waals surface area contributed by atoms with E-state index in [2.05, 4.69) is 23.3 Å². The van der Waals surface area contributed by atoms with Crippen molar-refractivity contribution in [2.24, 2.45) is 0 Å². The highest BCUT2D eigenvalue weighted by Crippen LogP contribution is 2.32.